The van der Waals surface area contributed by atoms with E-state index in [9.17, 15) is 0 Å². The molecule has 1 aliphatic heterocycles. The Balaban J connectivity index is 0.00000240. The number of aromatic nitrogens is 4. The van der Waals surface area contributed by atoms with Crippen molar-refractivity contribution in [2.45, 2.75) is 26.2 Å². The summed E-state index contributed by atoms with van der Waals surface area (Å²) in [6, 6.07) is 7.96. The lowest BCUT2D eigenvalue weighted by atomic mass is 10.00. The molecule has 2 N–H and O–H groups in total. The van der Waals surface area contributed by atoms with E-state index in [1.165, 1.54) is 5.56 Å². The molecule has 0 aliphatic carbocycles. The predicted octanol–water partition coefficient (Wildman–Crippen LogP) is 3.63. The van der Waals surface area contributed by atoms with Crippen molar-refractivity contribution < 1.29 is 4.74 Å². The molecule has 152 valence electrons. The molecule has 0 saturated heterocycles. The highest BCUT2D eigenvalue weighted by Crippen LogP contribution is 2.32. The molecular weight excluding hydrogens is 384 g/mol. The standard InChI is InChI=1S/C21H24N6O.H2S/c1-3-22-19-5-4-15(12-25-19)18-10-20(27-13-26-18)24-11-14(2)16-6-8-23-17-7-9-28-21(16)17;/h4-6,8,10,12-14H,3,7,9,11H2,1-2H3,(H,22,25)(H,24,26,27);1H2/t14-;/m1./s1. The van der Waals surface area contributed by atoms with Crippen LogP contribution in [0.1, 0.15) is 31.0 Å². The maximum atomic E-state index is 5.78. The maximum absolute atomic E-state index is 5.78. The highest BCUT2D eigenvalue weighted by atomic mass is 32.1. The van der Waals surface area contributed by atoms with E-state index in [0.717, 1.165) is 60.5 Å². The number of hydrogen-bond acceptors (Lipinski definition) is 7. The van der Waals surface area contributed by atoms with Crippen LogP contribution in [0.3, 0.4) is 0 Å². The molecule has 0 bridgehead atoms. The number of fused-ring (bicyclic) bond motifs is 1. The minimum atomic E-state index is 0. The molecule has 1 aliphatic rings. The Hall–Kier alpha value is -2.87. The molecule has 0 aromatic carbocycles. The summed E-state index contributed by atoms with van der Waals surface area (Å²) in [6.45, 7) is 6.53. The number of pyridine rings is 2. The fourth-order valence-electron chi connectivity index (χ4n) is 3.30. The Morgan fingerprint density at radius 1 is 1.07 bits per heavy atom. The topological polar surface area (TPSA) is 84.9 Å². The normalized spacial score (nSPS) is 13.0. The number of nitrogens with one attached hydrogen (secondary N) is 2. The zero-order valence-corrected chi connectivity index (χ0v) is 17.6. The zero-order chi connectivity index (χ0) is 19.3. The predicted molar refractivity (Wildman–Crippen MR) is 120 cm³/mol. The quantitative estimate of drug-likeness (QED) is 0.615. The molecule has 3 aromatic rings. The van der Waals surface area contributed by atoms with E-state index in [0.29, 0.717) is 0 Å². The molecule has 4 rings (SSSR count). The number of rotatable bonds is 7. The van der Waals surface area contributed by atoms with Gasteiger partial charge in [-0.3, -0.25) is 4.98 Å². The second kappa shape index (κ2) is 9.56. The van der Waals surface area contributed by atoms with E-state index in [-0.39, 0.29) is 19.4 Å². The molecule has 8 heteroatoms. The monoisotopic (exact) mass is 410 g/mol. The van der Waals surface area contributed by atoms with Crippen molar-refractivity contribution in [3.63, 3.8) is 0 Å². The third kappa shape index (κ3) is 4.76. The van der Waals surface area contributed by atoms with Gasteiger partial charge in [0.1, 0.15) is 23.7 Å². The third-order valence-electron chi connectivity index (χ3n) is 4.80. The zero-order valence-electron chi connectivity index (χ0n) is 16.6. The van der Waals surface area contributed by atoms with Gasteiger partial charge in [-0.2, -0.15) is 13.5 Å². The number of anilines is 2. The molecule has 0 unspecified atom stereocenters. The second-order valence-corrected chi connectivity index (χ2v) is 6.81. The van der Waals surface area contributed by atoms with Gasteiger partial charge < -0.3 is 15.4 Å². The van der Waals surface area contributed by atoms with Crippen LogP contribution in [0.4, 0.5) is 11.6 Å². The van der Waals surface area contributed by atoms with Crippen molar-refractivity contribution in [1.29, 1.82) is 0 Å². The van der Waals surface area contributed by atoms with Crippen LogP contribution in [0.2, 0.25) is 0 Å². The van der Waals surface area contributed by atoms with Crippen molar-refractivity contribution in [3.8, 4) is 17.0 Å². The average Bonchev–Trinajstić information content (AvgIpc) is 3.22. The lowest BCUT2D eigenvalue weighted by molar-refractivity contribution is 0.352. The van der Waals surface area contributed by atoms with E-state index in [1.54, 1.807) is 6.33 Å². The van der Waals surface area contributed by atoms with Gasteiger partial charge in [0.25, 0.3) is 0 Å². The van der Waals surface area contributed by atoms with E-state index < -0.39 is 0 Å². The minimum Gasteiger partial charge on any atom is -0.491 e. The van der Waals surface area contributed by atoms with Crippen molar-refractivity contribution in [2.24, 2.45) is 0 Å². The number of nitrogens with zero attached hydrogens (tertiary/aromatic N) is 4. The van der Waals surface area contributed by atoms with Crippen molar-refractivity contribution in [2.75, 3.05) is 30.3 Å². The summed E-state index contributed by atoms with van der Waals surface area (Å²) in [5.41, 5.74) is 4.05. The number of ether oxygens (including phenoxy) is 1. The van der Waals surface area contributed by atoms with Crippen LogP contribution in [0.5, 0.6) is 5.75 Å². The molecule has 7 nitrogen and oxygen atoms in total. The Morgan fingerprint density at radius 2 is 1.97 bits per heavy atom. The van der Waals surface area contributed by atoms with E-state index >= 15 is 0 Å². The van der Waals surface area contributed by atoms with Gasteiger partial charge in [0.2, 0.25) is 0 Å². The van der Waals surface area contributed by atoms with Crippen LogP contribution in [-0.2, 0) is 6.42 Å². The van der Waals surface area contributed by atoms with E-state index in [4.69, 9.17) is 4.74 Å². The van der Waals surface area contributed by atoms with Gasteiger partial charge in [-0.25, -0.2) is 15.0 Å². The van der Waals surface area contributed by atoms with Crippen LogP contribution >= 0.6 is 13.5 Å². The molecular formula is C21H26N6OS. The molecule has 1 atom stereocenters. The fourth-order valence-corrected chi connectivity index (χ4v) is 3.30. The summed E-state index contributed by atoms with van der Waals surface area (Å²) < 4.78 is 5.78. The largest absolute Gasteiger partial charge is 0.491 e. The van der Waals surface area contributed by atoms with Gasteiger partial charge in [0, 0.05) is 55.0 Å². The molecule has 3 aromatic heterocycles. The van der Waals surface area contributed by atoms with Gasteiger partial charge in [0.05, 0.1) is 18.0 Å². The second-order valence-electron chi connectivity index (χ2n) is 6.81. The fraction of sp³-hybridized carbons (Fsp3) is 0.333. The Bertz CT molecular complexity index is 950. The first-order valence-electron chi connectivity index (χ1n) is 9.61. The SMILES string of the molecule is CCNc1ccc(-c2cc(NC[C@@H](C)c3ccnc4c3OCC4)ncn2)cn1.S. The molecule has 29 heavy (non-hydrogen) atoms. The van der Waals surface area contributed by atoms with Gasteiger partial charge in [-0.1, -0.05) is 6.92 Å². The summed E-state index contributed by atoms with van der Waals surface area (Å²) in [5, 5.41) is 6.61. The lowest BCUT2D eigenvalue weighted by Gasteiger charge is -2.16. The lowest BCUT2D eigenvalue weighted by Crippen LogP contribution is -2.12. The van der Waals surface area contributed by atoms with Crippen LogP contribution in [0.25, 0.3) is 11.3 Å². The molecule has 0 spiro atoms. The molecule has 0 fully saturated rings. The van der Waals surface area contributed by atoms with Crippen LogP contribution < -0.4 is 15.4 Å². The smallest absolute Gasteiger partial charge is 0.144 e. The third-order valence-corrected chi connectivity index (χ3v) is 4.80. The highest BCUT2D eigenvalue weighted by Gasteiger charge is 2.20. The summed E-state index contributed by atoms with van der Waals surface area (Å²) in [4.78, 5) is 17.5. The first-order chi connectivity index (χ1) is 13.7. The van der Waals surface area contributed by atoms with Crippen LogP contribution in [0, 0.1) is 0 Å². The van der Waals surface area contributed by atoms with Crippen LogP contribution in [-0.4, -0.2) is 39.6 Å². The van der Waals surface area contributed by atoms with E-state index in [2.05, 4.69) is 37.5 Å². The van der Waals surface area contributed by atoms with Gasteiger partial charge >= 0.3 is 0 Å². The summed E-state index contributed by atoms with van der Waals surface area (Å²) in [7, 11) is 0. The summed E-state index contributed by atoms with van der Waals surface area (Å²) in [6.07, 6.45) is 6.16. The molecule has 0 radical (unpaired) electrons. The minimum absolute atomic E-state index is 0. The van der Waals surface area contributed by atoms with Crippen molar-refractivity contribution in [3.05, 3.63) is 54.2 Å². The number of hydrogen-bond donors (Lipinski definition) is 2. The first kappa shape index (κ1) is 20.9. The van der Waals surface area contributed by atoms with Crippen molar-refractivity contribution in [1.82, 2.24) is 19.9 Å². The first-order valence-corrected chi connectivity index (χ1v) is 9.61. The summed E-state index contributed by atoms with van der Waals surface area (Å²) >= 11 is 0. The average molecular weight is 411 g/mol. The molecule has 4 heterocycles. The molecule has 0 amide bonds. The Kier molecular flexibility index (Phi) is 6.87. The highest BCUT2D eigenvalue weighted by molar-refractivity contribution is 7.59. The Labute approximate surface area is 177 Å². The Morgan fingerprint density at radius 3 is 2.76 bits per heavy atom. The maximum Gasteiger partial charge on any atom is 0.144 e. The van der Waals surface area contributed by atoms with Gasteiger partial charge in [-0.05, 0) is 25.1 Å². The van der Waals surface area contributed by atoms with E-state index in [1.807, 2.05) is 43.6 Å². The van der Waals surface area contributed by atoms with Crippen LogP contribution in [0.15, 0.2) is 43.0 Å². The molecule has 0 saturated carbocycles. The van der Waals surface area contributed by atoms with Gasteiger partial charge in [0.15, 0.2) is 0 Å². The van der Waals surface area contributed by atoms with Crippen molar-refractivity contribution >= 4 is 25.1 Å². The summed E-state index contributed by atoms with van der Waals surface area (Å²) in [5.74, 6) is 2.88. The van der Waals surface area contributed by atoms with Gasteiger partial charge in [-0.15, -0.1) is 0 Å².